The first-order valence-electron chi connectivity index (χ1n) is 4.57. The van der Waals surface area contributed by atoms with Crippen LogP contribution in [-0.2, 0) is 0 Å². The molecule has 0 unspecified atom stereocenters. The maximum absolute atomic E-state index is 9.63. The molecule has 78 valence electrons. The highest BCUT2D eigenvalue weighted by Crippen LogP contribution is 2.28. The van der Waals surface area contributed by atoms with Crippen LogP contribution in [0.5, 0.6) is 5.75 Å². The van der Waals surface area contributed by atoms with Crippen molar-refractivity contribution in [2.75, 3.05) is 0 Å². The van der Waals surface area contributed by atoms with Gasteiger partial charge in [0.1, 0.15) is 17.0 Å². The molecule has 1 aromatic heterocycles. The Bertz CT molecular complexity index is 575. The lowest BCUT2D eigenvalue weighted by Gasteiger charge is -2.04. The summed E-state index contributed by atoms with van der Waals surface area (Å²) in [5.41, 5.74) is 1.46. The fourth-order valence-corrected chi connectivity index (χ4v) is 1.55. The van der Waals surface area contributed by atoms with E-state index in [1.165, 1.54) is 0 Å². The van der Waals surface area contributed by atoms with Gasteiger partial charge in [-0.05, 0) is 24.3 Å². The number of phenols is 1. The molecule has 0 atom stereocenters. The fraction of sp³-hybridized carbons (Fsp3) is 0. The summed E-state index contributed by atoms with van der Waals surface area (Å²) in [7, 11) is 0. The molecule has 3 nitrogen and oxygen atoms in total. The monoisotopic (exact) mass is 230 g/mol. The molecule has 2 rings (SSSR count). The lowest BCUT2D eigenvalue weighted by atomic mass is 10.1. The number of rotatable bonds is 1. The van der Waals surface area contributed by atoms with Gasteiger partial charge in [-0.1, -0.05) is 23.7 Å². The molecule has 1 N–H and O–H groups in total. The van der Waals surface area contributed by atoms with Gasteiger partial charge in [0.05, 0.1) is 11.3 Å². The number of pyridine rings is 1. The zero-order valence-electron chi connectivity index (χ0n) is 8.18. The molecule has 0 aliphatic heterocycles. The third-order valence-corrected chi connectivity index (χ3v) is 2.44. The summed E-state index contributed by atoms with van der Waals surface area (Å²) < 4.78 is 0. The average Bonchev–Trinajstić information content (AvgIpc) is 2.29. The predicted molar refractivity (Wildman–Crippen MR) is 61.1 cm³/mol. The lowest BCUT2D eigenvalue weighted by Crippen LogP contribution is -1.87. The van der Waals surface area contributed by atoms with Gasteiger partial charge in [-0.2, -0.15) is 5.26 Å². The average molecular weight is 231 g/mol. The largest absolute Gasteiger partial charge is 0.507 e. The smallest absolute Gasteiger partial charge is 0.147 e. The summed E-state index contributed by atoms with van der Waals surface area (Å²) >= 11 is 5.82. The van der Waals surface area contributed by atoms with Crippen LogP contribution in [0.3, 0.4) is 0 Å². The van der Waals surface area contributed by atoms with E-state index in [-0.39, 0.29) is 10.9 Å². The third-order valence-electron chi connectivity index (χ3n) is 2.15. The molecule has 16 heavy (non-hydrogen) atoms. The number of nitrogens with zero attached hydrogens (tertiary/aromatic N) is 2. The number of para-hydroxylation sites is 1. The van der Waals surface area contributed by atoms with Gasteiger partial charge in [0, 0.05) is 5.56 Å². The van der Waals surface area contributed by atoms with Gasteiger partial charge in [0.25, 0.3) is 0 Å². The molecule has 0 saturated heterocycles. The zero-order valence-corrected chi connectivity index (χ0v) is 8.94. The van der Waals surface area contributed by atoms with Crippen molar-refractivity contribution in [2.24, 2.45) is 0 Å². The molecule has 0 fully saturated rings. The Labute approximate surface area is 97.6 Å². The van der Waals surface area contributed by atoms with Crippen LogP contribution in [-0.4, -0.2) is 10.1 Å². The Hall–Kier alpha value is -2.05. The molecule has 0 aliphatic carbocycles. The molecule has 0 amide bonds. The first-order valence-corrected chi connectivity index (χ1v) is 4.95. The van der Waals surface area contributed by atoms with Gasteiger partial charge in [0.15, 0.2) is 0 Å². The lowest BCUT2D eigenvalue weighted by molar-refractivity contribution is 0.477. The van der Waals surface area contributed by atoms with E-state index in [0.717, 1.165) is 0 Å². The minimum Gasteiger partial charge on any atom is -0.507 e. The van der Waals surface area contributed by atoms with E-state index < -0.39 is 0 Å². The van der Waals surface area contributed by atoms with E-state index in [4.69, 9.17) is 16.9 Å². The number of nitriles is 1. The maximum atomic E-state index is 9.63. The standard InChI is InChI=1S/C12H7ClN2O/c13-12-8(7-14)5-6-10(15-12)9-3-1-2-4-11(9)16/h1-6,16H. The van der Waals surface area contributed by atoms with Crippen molar-refractivity contribution < 1.29 is 5.11 Å². The van der Waals surface area contributed by atoms with Crippen molar-refractivity contribution in [3.63, 3.8) is 0 Å². The van der Waals surface area contributed by atoms with Crippen LogP contribution in [0.15, 0.2) is 36.4 Å². The molecule has 0 spiro atoms. The van der Waals surface area contributed by atoms with Crippen molar-refractivity contribution >= 4 is 11.6 Å². The Morgan fingerprint density at radius 3 is 2.56 bits per heavy atom. The van der Waals surface area contributed by atoms with Crippen LogP contribution in [0.25, 0.3) is 11.3 Å². The number of halogens is 1. The number of aromatic hydroxyl groups is 1. The predicted octanol–water partition coefficient (Wildman–Crippen LogP) is 2.98. The molecule has 1 aromatic carbocycles. The van der Waals surface area contributed by atoms with Gasteiger partial charge in [0.2, 0.25) is 0 Å². The minimum atomic E-state index is 0.135. The van der Waals surface area contributed by atoms with E-state index >= 15 is 0 Å². The first kappa shape index (κ1) is 10.5. The second-order valence-corrected chi connectivity index (χ2v) is 3.52. The molecule has 2 aromatic rings. The summed E-state index contributed by atoms with van der Waals surface area (Å²) in [5.74, 6) is 0.135. The van der Waals surface area contributed by atoms with Gasteiger partial charge in [-0.15, -0.1) is 0 Å². The van der Waals surface area contributed by atoms with Crippen LogP contribution >= 0.6 is 11.6 Å². The highest BCUT2D eigenvalue weighted by Gasteiger charge is 2.07. The molecule has 0 bridgehead atoms. The number of hydrogen-bond donors (Lipinski definition) is 1. The summed E-state index contributed by atoms with van der Waals surface area (Å²) in [6.07, 6.45) is 0. The maximum Gasteiger partial charge on any atom is 0.147 e. The van der Waals surface area contributed by atoms with Crippen molar-refractivity contribution in [3.05, 3.63) is 47.1 Å². The molecule has 4 heteroatoms. The van der Waals surface area contributed by atoms with Gasteiger partial charge in [-0.3, -0.25) is 0 Å². The molecular weight excluding hydrogens is 224 g/mol. The highest BCUT2D eigenvalue weighted by molar-refractivity contribution is 6.30. The van der Waals surface area contributed by atoms with Gasteiger partial charge >= 0.3 is 0 Å². The van der Waals surface area contributed by atoms with Crippen LogP contribution in [0.4, 0.5) is 0 Å². The molecule has 0 aliphatic rings. The van der Waals surface area contributed by atoms with Crippen molar-refractivity contribution in [2.45, 2.75) is 0 Å². The van der Waals surface area contributed by atoms with Crippen LogP contribution < -0.4 is 0 Å². The number of hydrogen-bond acceptors (Lipinski definition) is 3. The SMILES string of the molecule is N#Cc1ccc(-c2ccccc2O)nc1Cl. The Morgan fingerprint density at radius 2 is 1.94 bits per heavy atom. The molecule has 1 heterocycles. The van der Waals surface area contributed by atoms with Gasteiger partial charge in [-0.25, -0.2) is 4.98 Å². The Morgan fingerprint density at radius 1 is 1.19 bits per heavy atom. The molecular formula is C12H7ClN2O. The Balaban J connectivity index is 2.55. The number of phenolic OH excluding ortho intramolecular Hbond substituents is 1. The normalized spacial score (nSPS) is 9.75. The molecule has 0 saturated carbocycles. The van der Waals surface area contributed by atoms with Crippen LogP contribution in [0.2, 0.25) is 5.15 Å². The second-order valence-electron chi connectivity index (χ2n) is 3.16. The number of aromatic nitrogens is 1. The zero-order chi connectivity index (χ0) is 11.5. The topological polar surface area (TPSA) is 56.9 Å². The Kier molecular flexibility index (Phi) is 2.76. The van der Waals surface area contributed by atoms with E-state index in [0.29, 0.717) is 16.8 Å². The summed E-state index contributed by atoms with van der Waals surface area (Å²) in [5, 5.41) is 18.5. The summed E-state index contributed by atoms with van der Waals surface area (Å²) in [6, 6.07) is 12.0. The highest BCUT2D eigenvalue weighted by atomic mass is 35.5. The molecule has 0 radical (unpaired) electrons. The fourth-order valence-electron chi connectivity index (χ4n) is 1.36. The van der Waals surface area contributed by atoms with E-state index in [9.17, 15) is 5.11 Å². The van der Waals surface area contributed by atoms with Crippen molar-refractivity contribution in [1.29, 1.82) is 5.26 Å². The van der Waals surface area contributed by atoms with E-state index in [1.54, 1.807) is 36.4 Å². The minimum absolute atomic E-state index is 0.135. The van der Waals surface area contributed by atoms with Crippen molar-refractivity contribution in [1.82, 2.24) is 4.98 Å². The van der Waals surface area contributed by atoms with E-state index in [1.807, 2.05) is 6.07 Å². The second kappa shape index (κ2) is 4.21. The van der Waals surface area contributed by atoms with Crippen LogP contribution in [0, 0.1) is 11.3 Å². The summed E-state index contributed by atoms with van der Waals surface area (Å²) in [4.78, 5) is 4.06. The first-order chi connectivity index (χ1) is 7.72. The third kappa shape index (κ3) is 1.83. The van der Waals surface area contributed by atoms with Gasteiger partial charge < -0.3 is 5.11 Å². The van der Waals surface area contributed by atoms with Crippen molar-refractivity contribution in [3.8, 4) is 23.1 Å². The summed E-state index contributed by atoms with van der Waals surface area (Å²) in [6.45, 7) is 0. The van der Waals surface area contributed by atoms with E-state index in [2.05, 4.69) is 4.98 Å². The van der Waals surface area contributed by atoms with Crippen LogP contribution in [0.1, 0.15) is 5.56 Å². The number of benzene rings is 1. The quantitative estimate of drug-likeness (QED) is 0.767.